The number of carbonyl (C=O) groups excluding carboxylic acids is 1. The van der Waals surface area contributed by atoms with Gasteiger partial charge < -0.3 is 9.47 Å². The Bertz CT molecular complexity index is 466. The Morgan fingerprint density at radius 2 is 1.84 bits per heavy atom. The van der Waals surface area contributed by atoms with Gasteiger partial charge in [-0.2, -0.15) is 18.2 Å². The summed E-state index contributed by atoms with van der Waals surface area (Å²) in [4.78, 5) is 14.0. The Morgan fingerprint density at radius 1 is 1.26 bits per heavy atom. The monoisotopic (exact) mass is 275 g/mol. The van der Waals surface area contributed by atoms with E-state index in [2.05, 4.69) is 9.73 Å². The summed E-state index contributed by atoms with van der Waals surface area (Å²) in [5, 5.41) is 0. The quantitative estimate of drug-likeness (QED) is 0.796. The highest BCUT2D eigenvalue weighted by molar-refractivity contribution is 6.08. The zero-order valence-electron chi connectivity index (χ0n) is 10.3. The van der Waals surface area contributed by atoms with E-state index >= 15 is 0 Å². The third-order valence-electron chi connectivity index (χ3n) is 2.10. The normalized spacial score (nSPS) is 12.2. The first-order valence-corrected chi connectivity index (χ1v) is 5.35. The Morgan fingerprint density at radius 3 is 2.26 bits per heavy atom. The summed E-state index contributed by atoms with van der Waals surface area (Å²) in [6, 6.07) is 5.04. The fraction of sp³-hybridized carbons (Fsp3) is 0.333. The van der Waals surface area contributed by atoms with Crippen molar-refractivity contribution in [2.75, 3.05) is 13.7 Å². The molecule has 0 aliphatic heterocycles. The molecule has 0 atom stereocenters. The van der Waals surface area contributed by atoms with Crippen molar-refractivity contribution >= 4 is 11.8 Å². The van der Waals surface area contributed by atoms with E-state index in [-0.39, 0.29) is 12.2 Å². The first-order valence-electron chi connectivity index (χ1n) is 5.35. The summed E-state index contributed by atoms with van der Waals surface area (Å²) in [6.07, 6.45) is -6.02. The number of hydrogen-bond acceptors (Lipinski definition) is 3. The van der Waals surface area contributed by atoms with Gasteiger partial charge in [0.25, 0.3) is 0 Å². The molecule has 1 aromatic rings. The van der Waals surface area contributed by atoms with E-state index < -0.39 is 18.0 Å². The van der Waals surface area contributed by atoms with Crippen molar-refractivity contribution in [1.29, 1.82) is 0 Å². The van der Waals surface area contributed by atoms with Crippen LogP contribution in [0.4, 0.5) is 18.0 Å². The number of ether oxygens (including phenoxy) is 2. The van der Waals surface area contributed by atoms with Gasteiger partial charge in [0.1, 0.15) is 5.75 Å². The SMILES string of the molecule is CCOC(=O)N=C(c1ccc(OC)cc1)C(F)(F)F. The third-order valence-corrected chi connectivity index (χ3v) is 2.10. The number of halogens is 3. The number of aliphatic imine (C=N–C) groups is 1. The van der Waals surface area contributed by atoms with Crippen molar-refractivity contribution < 1.29 is 27.4 Å². The number of alkyl halides is 3. The van der Waals surface area contributed by atoms with E-state index in [0.717, 1.165) is 0 Å². The van der Waals surface area contributed by atoms with Crippen LogP contribution in [0.1, 0.15) is 12.5 Å². The smallest absolute Gasteiger partial charge is 0.434 e. The Labute approximate surface area is 107 Å². The molecule has 0 saturated carbocycles. The highest BCUT2D eigenvalue weighted by Gasteiger charge is 2.37. The van der Waals surface area contributed by atoms with Gasteiger partial charge in [-0.1, -0.05) is 0 Å². The molecule has 0 heterocycles. The molecule has 1 rings (SSSR count). The van der Waals surface area contributed by atoms with Gasteiger partial charge in [-0.15, -0.1) is 0 Å². The molecule has 0 N–H and O–H groups in total. The zero-order chi connectivity index (χ0) is 14.5. The van der Waals surface area contributed by atoms with Gasteiger partial charge >= 0.3 is 12.3 Å². The summed E-state index contributed by atoms with van der Waals surface area (Å²) in [7, 11) is 1.40. The maximum Gasteiger partial charge on any atom is 0.434 e. The topological polar surface area (TPSA) is 47.9 Å². The second kappa shape index (κ2) is 6.21. The number of carbonyl (C=O) groups is 1. The molecule has 0 bridgehead atoms. The van der Waals surface area contributed by atoms with E-state index in [1.54, 1.807) is 0 Å². The van der Waals surface area contributed by atoms with Crippen LogP contribution in [0.15, 0.2) is 29.3 Å². The van der Waals surface area contributed by atoms with Crippen molar-refractivity contribution in [3.8, 4) is 5.75 Å². The molecule has 0 radical (unpaired) electrons. The minimum atomic E-state index is -4.75. The Kier molecular flexibility index (Phi) is 4.91. The number of nitrogens with zero attached hydrogens (tertiary/aromatic N) is 1. The highest BCUT2D eigenvalue weighted by atomic mass is 19.4. The summed E-state index contributed by atoms with van der Waals surface area (Å²) < 4.78 is 47.7. The minimum absolute atomic E-state index is 0.0456. The van der Waals surface area contributed by atoms with Crippen molar-refractivity contribution in [3.05, 3.63) is 29.8 Å². The molecule has 0 aromatic heterocycles. The molecule has 0 saturated heterocycles. The van der Waals surface area contributed by atoms with Crippen LogP contribution in [0.2, 0.25) is 0 Å². The van der Waals surface area contributed by atoms with E-state index in [1.165, 1.54) is 38.3 Å². The van der Waals surface area contributed by atoms with Crippen LogP contribution in [-0.2, 0) is 4.74 Å². The van der Waals surface area contributed by atoms with Gasteiger partial charge in [0.15, 0.2) is 5.71 Å². The van der Waals surface area contributed by atoms with Crippen LogP contribution in [0, 0.1) is 0 Å². The molecule has 1 amide bonds. The standard InChI is InChI=1S/C12H12F3NO3/c1-3-19-11(17)16-10(12(13,14)15)8-4-6-9(18-2)7-5-8/h4-7H,3H2,1-2H3. The van der Waals surface area contributed by atoms with Crippen LogP contribution >= 0.6 is 0 Å². The van der Waals surface area contributed by atoms with Gasteiger partial charge in [0, 0.05) is 5.56 Å². The van der Waals surface area contributed by atoms with E-state index in [9.17, 15) is 18.0 Å². The number of hydrogen-bond donors (Lipinski definition) is 0. The molecule has 19 heavy (non-hydrogen) atoms. The van der Waals surface area contributed by atoms with Crippen molar-refractivity contribution in [1.82, 2.24) is 0 Å². The second-order valence-corrected chi connectivity index (χ2v) is 3.39. The molecule has 4 nitrogen and oxygen atoms in total. The largest absolute Gasteiger partial charge is 0.497 e. The van der Waals surface area contributed by atoms with E-state index in [4.69, 9.17) is 4.74 Å². The lowest BCUT2D eigenvalue weighted by Crippen LogP contribution is -2.25. The second-order valence-electron chi connectivity index (χ2n) is 3.39. The Hall–Kier alpha value is -2.05. The van der Waals surface area contributed by atoms with Gasteiger partial charge in [0.2, 0.25) is 0 Å². The molecule has 0 spiro atoms. The lowest BCUT2D eigenvalue weighted by molar-refractivity contribution is -0.0582. The molecular weight excluding hydrogens is 263 g/mol. The maximum absolute atomic E-state index is 12.8. The summed E-state index contributed by atoms with van der Waals surface area (Å²) >= 11 is 0. The van der Waals surface area contributed by atoms with Gasteiger partial charge in [-0.3, -0.25) is 0 Å². The third kappa shape index (κ3) is 4.27. The molecule has 0 aliphatic rings. The fourth-order valence-corrected chi connectivity index (χ4v) is 1.29. The van der Waals surface area contributed by atoms with Crippen LogP contribution in [-0.4, -0.2) is 31.7 Å². The number of methoxy groups -OCH3 is 1. The van der Waals surface area contributed by atoms with E-state index in [1.807, 2.05) is 0 Å². The van der Waals surface area contributed by atoms with Crippen LogP contribution in [0.5, 0.6) is 5.75 Å². The van der Waals surface area contributed by atoms with Crippen LogP contribution in [0.3, 0.4) is 0 Å². The fourth-order valence-electron chi connectivity index (χ4n) is 1.29. The summed E-state index contributed by atoms with van der Waals surface area (Å²) in [5.41, 5.74) is -1.53. The molecular formula is C12H12F3NO3. The molecule has 1 aromatic carbocycles. The predicted molar refractivity (Wildman–Crippen MR) is 62.6 cm³/mol. The average molecular weight is 275 g/mol. The summed E-state index contributed by atoms with van der Waals surface area (Å²) in [5.74, 6) is 0.404. The maximum atomic E-state index is 12.8. The number of benzene rings is 1. The lowest BCUT2D eigenvalue weighted by atomic mass is 10.1. The molecule has 0 unspecified atom stereocenters. The van der Waals surface area contributed by atoms with Crippen LogP contribution < -0.4 is 4.74 Å². The average Bonchev–Trinajstić information content (AvgIpc) is 2.35. The highest BCUT2D eigenvalue weighted by Crippen LogP contribution is 2.24. The molecule has 7 heteroatoms. The number of rotatable bonds is 3. The van der Waals surface area contributed by atoms with Crippen molar-refractivity contribution in [2.24, 2.45) is 4.99 Å². The van der Waals surface area contributed by atoms with Gasteiger partial charge in [0.05, 0.1) is 13.7 Å². The number of amides is 1. The van der Waals surface area contributed by atoms with Crippen molar-refractivity contribution in [3.63, 3.8) is 0 Å². The molecule has 104 valence electrons. The van der Waals surface area contributed by atoms with E-state index in [0.29, 0.717) is 5.75 Å². The molecule has 0 fully saturated rings. The van der Waals surface area contributed by atoms with Crippen molar-refractivity contribution in [2.45, 2.75) is 13.1 Å². The molecule has 0 aliphatic carbocycles. The predicted octanol–water partition coefficient (Wildman–Crippen LogP) is 3.20. The summed E-state index contributed by atoms with van der Waals surface area (Å²) in [6.45, 7) is 1.43. The zero-order valence-corrected chi connectivity index (χ0v) is 10.3. The van der Waals surface area contributed by atoms with Gasteiger partial charge in [-0.25, -0.2) is 4.79 Å². The first-order chi connectivity index (χ1) is 8.88. The Balaban J connectivity index is 3.13. The van der Waals surface area contributed by atoms with Crippen LogP contribution in [0.25, 0.3) is 0 Å². The first kappa shape index (κ1) is 15.0. The minimum Gasteiger partial charge on any atom is -0.497 e. The lowest BCUT2D eigenvalue weighted by Gasteiger charge is -2.10. The van der Waals surface area contributed by atoms with Gasteiger partial charge in [-0.05, 0) is 31.2 Å².